The second-order valence-corrected chi connectivity index (χ2v) is 11.0. The van der Waals surface area contributed by atoms with Crippen LogP contribution in [0.1, 0.15) is 50.4 Å². The highest BCUT2D eigenvalue weighted by atomic mass is 32.1. The fraction of sp³-hybridized carbons (Fsp3) is 0.242. The van der Waals surface area contributed by atoms with Crippen LogP contribution in [0.3, 0.4) is 0 Å². The monoisotopic (exact) mass is 586 g/mol. The van der Waals surface area contributed by atoms with Crippen molar-refractivity contribution in [2.24, 2.45) is 4.99 Å². The topological polar surface area (TPSA) is 79.1 Å². The molecule has 216 valence electrons. The lowest BCUT2D eigenvalue weighted by molar-refractivity contribution is -0.139. The number of aromatic nitrogens is 1. The Labute approximate surface area is 246 Å². The lowest BCUT2D eigenvalue weighted by Crippen LogP contribution is -2.40. The largest absolute Gasteiger partial charge is 0.491 e. The van der Waals surface area contributed by atoms with Crippen LogP contribution in [0, 0.1) is 5.82 Å². The number of benzene rings is 3. The van der Waals surface area contributed by atoms with Crippen LogP contribution in [-0.4, -0.2) is 23.2 Å². The molecule has 9 heteroatoms. The van der Waals surface area contributed by atoms with Gasteiger partial charge in [-0.25, -0.2) is 14.2 Å². The van der Waals surface area contributed by atoms with Gasteiger partial charge in [-0.2, -0.15) is 0 Å². The summed E-state index contributed by atoms with van der Waals surface area (Å²) in [7, 11) is 0. The molecule has 4 aromatic rings. The highest BCUT2D eigenvalue weighted by Crippen LogP contribution is 2.36. The standard InChI is InChI=1S/C33H31FN2O5S/c1-5-39-32(38)29-21(4)35-33-36(30(29)25-11-7-9-13-27(25)41-20(2)3)31(37)28(42-33)18-22-14-16-24(17-15-22)40-19-23-10-6-8-12-26(23)34/h6-18,20,30H,5,19H2,1-4H3/b28-18+/t30-/m1/s1. The summed E-state index contributed by atoms with van der Waals surface area (Å²) in [5.74, 6) is 0.314. The second kappa shape index (κ2) is 12.6. The van der Waals surface area contributed by atoms with Gasteiger partial charge in [0.05, 0.1) is 28.5 Å². The van der Waals surface area contributed by atoms with Gasteiger partial charge < -0.3 is 14.2 Å². The molecular weight excluding hydrogens is 555 g/mol. The average Bonchev–Trinajstić information content (AvgIpc) is 3.26. The molecule has 1 aliphatic heterocycles. The molecule has 1 atom stereocenters. The average molecular weight is 587 g/mol. The Morgan fingerprint density at radius 1 is 1.07 bits per heavy atom. The first kappa shape index (κ1) is 29.0. The molecule has 0 unspecified atom stereocenters. The number of hydrogen-bond donors (Lipinski definition) is 0. The Kier molecular flexibility index (Phi) is 8.68. The van der Waals surface area contributed by atoms with E-state index in [1.165, 1.54) is 17.4 Å². The molecule has 7 nitrogen and oxygen atoms in total. The minimum absolute atomic E-state index is 0.106. The van der Waals surface area contributed by atoms with E-state index in [1.807, 2.05) is 50.2 Å². The van der Waals surface area contributed by atoms with Gasteiger partial charge in [-0.05, 0) is 63.6 Å². The molecular formula is C33H31FN2O5S. The lowest BCUT2D eigenvalue weighted by Gasteiger charge is -2.26. The molecule has 5 rings (SSSR count). The summed E-state index contributed by atoms with van der Waals surface area (Å²) in [5.41, 5.74) is 2.42. The number of ether oxygens (including phenoxy) is 3. The van der Waals surface area contributed by atoms with Crippen molar-refractivity contribution in [2.75, 3.05) is 6.61 Å². The summed E-state index contributed by atoms with van der Waals surface area (Å²) in [4.78, 5) is 32.3. The number of fused-ring (bicyclic) bond motifs is 1. The van der Waals surface area contributed by atoms with E-state index >= 15 is 0 Å². The maximum Gasteiger partial charge on any atom is 0.338 e. The number of halogens is 1. The number of carbonyl (C=O) groups excluding carboxylic acids is 1. The zero-order chi connectivity index (χ0) is 29.8. The van der Waals surface area contributed by atoms with Crippen molar-refractivity contribution in [3.8, 4) is 11.5 Å². The van der Waals surface area contributed by atoms with Gasteiger partial charge in [0.2, 0.25) is 0 Å². The molecule has 0 spiro atoms. The Bertz CT molecular complexity index is 1820. The Morgan fingerprint density at radius 3 is 2.50 bits per heavy atom. The summed E-state index contributed by atoms with van der Waals surface area (Å²) < 4.78 is 33.2. The number of allylic oxidation sites excluding steroid dienone is 1. The van der Waals surface area contributed by atoms with E-state index in [-0.39, 0.29) is 30.7 Å². The smallest absolute Gasteiger partial charge is 0.338 e. The lowest BCUT2D eigenvalue weighted by atomic mass is 9.95. The van der Waals surface area contributed by atoms with Gasteiger partial charge in [-0.1, -0.05) is 59.9 Å². The third kappa shape index (κ3) is 6.06. The van der Waals surface area contributed by atoms with E-state index in [0.29, 0.717) is 43.2 Å². The van der Waals surface area contributed by atoms with Crippen molar-refractivity contribution in [2.45, 2.75) is 46.4 Å². The second-order valence-electron chi connectivity index (χ2n) is 9.96. The number of para-hydroxylation sites is 1. The van der Waals surface area contributed by atoms with Gasteiger partial charge in [0.15, 0.2) is 4.80 Å². The third-order valence-corrected chi connectivity index (χ3v) is 7.61. The first-order valence-corrected chi connectivity index (χ1v) is 14.5. The molecule has 1 aliphatic rings. The highest BCUT2D eigenvalue weighted by molar-refractivity contribution is 7.07. The first-order chi connectivity index (χ1) is 20.3. The molecule has 0 bridgehead atoms. The highest BCUT2D eigenvalue weighted by Gasteiger charge is 2.35. The van der Waals surface area contributed by atoms with E-state index < -0.39 is 12.0 Å². The molecule has 0 saturated heterocycles. The summed E-state index contributed by atoms with van der Waals surface area (Å²) >= 11 is 1.25. The summed E-state index contributed by atoms with van der Waals surface area (Å²) in [6.45, 7) is 7.63. The zero-order valence-electron chi connectivity index (χ0n) is 23.8. The predicted octanol–water partition coefficient (Wildman–Crippen LogP) is 5.30. The van der Waals surface area contributed by atoms with Gasteiger partial charge in [0.1, 0.15) is 30.0 Å². The normalized spacial score (nSPS) is 14.9. The van der Waals surface area contributed by atoms with Crippen molar-refractivity contribution in [3.05, 3.63) is 126 Å². The van der Waals surface area contributed by atoms with E-state index in [2.05, 4.69) is 4.99 Å². The van der Waals surface area contributed by atoms with E-state index in [9.17, 15) is 14.0 Å². The molecule has 2 heterocycles. The SMILES string of the molecule is CCOC(=O)C1=C(C)N=c2s/c(=C/c3ccc(OCc4ccccc4F)cc3)c(=O)n2[C@@H]1c1ccccc1OC(C)C. The van der Waals surface area contributed by atoms with Crippen molar-refractivity contribution in [1.82, 2.24) is 4.57 Å². The summed E-state index contributed by atoms with van der Waals surface area (Å²) in [5, 5.41) is 0. The molecule has 3 aromatic carbocycles. The Hall–Kier alpha value is -4.50. The first-order valence-electron chi connectivity index (χ1n) is 13.7. The number of nitrogens with zero attached hydrogens (tertiary/aromatic N) is 2. The van der Waals surface area contributed by atoms with Gasteiger partial charge in [0.25, 0.3) is 5.56 Å². The van der Waals surface area contributed by atoms with Crippen molar-refractivity contribution in [3.63, 3.8) is 0 Å². The number of hydrogen-bond acceptors (Lipinski definition) is 7. The van der Waals surface area contributed by atoms with Crippen LogP contribution in [0.15, 0.2) is 93.9 Å². The zero-order valence-corrected chi connectivity index (χ0v) is 24.6. The maximum absolute atomic E-state index is 13.9. The minimum atomic E-state index is -0.772. The van der Waals surface area contributed by atoms with E-state index in [4.69, 9.17) is 14.2 Å². The van der Waals surface area contributed by atoms with Crippen LogP contribution >= 0.6 is 11.3 Å². The molecule has 0 fully saturated rings. The number of rotatable bonds is 9. The van der Waals surface area contributed by atoms with Crippen molar-refractivity contribution in [1.29, 1.82) is 0 Å². The van der Waals surface area contributed by atoms with Crippen LogP contribution in [-0.2, 0) is 16.1 Å². The Morgan fingerprint density at radius 2 is 1.79 bits per heavy atom. The molecule has 1 aromatic heterocycles. The fourth-order valence-corrected chi connectivity index (χ4v) is 5.79. The molecule has 42 heavy (non-hydrogen) atoms. The van der Waals surface area contributed by atoms with Gasteiger partial charge in [-0.15, -0.1) is 0 Å². The molecule has 0 amide bonds. The maximum atomic E-state index is 13.9. The molecule has 0 radical (unpaired) electrons. The quantitative estimate of drug-likeness (QED) is 0.249. The van der Waals surface area contributed by atoms with Crippen molar-refractivity contribution >= 4 is 23.4 Å². The molecule has 0 aliphatic carbocycles. The van der Waals surface area contributed by atoms with Gasteiger partial charge >= 0.3 is 5.97 Å². The van der Waals surface area contributed by atoms with Crippen LogP contribution in [0.25, 0.3) is 6.08 Å². The van der Waals surface area contributed by atoms with Crippen LogP contribution in [0.4, 0.5) is 4.39 Å². The number of esters is 1. The fourth-order valence-electron chi connectivity index (χ4n) is 4.74. The third-order valence-electron chi connectivity index (χ3n) is 6.62. The number of thiazole rings is 1. The number of carbonyl (C=O) groups is 1. The van der Waals surface area contributed by atoms with E-state index in [1.54, 1.807) is 54.8 Å². The summed E-state index contributed by atoms with van der Waals surface area (Å²) in [6, 6.07) is 20.3. The van der Waals surface area contributed by atoms with Gasteiger partial charge in [-0.3, -0.25) is 9.36 Å². The van der Waals surface area contributed by atoms with Crippen molar-refractivity contribution < 1.29 is 23.4 Å². The minimum Gasteiger partial charge on any atom is -0.491 e. The van der Waals surface area contributed by atoms with Crippen LogP contribution < -0.4 is 24.4 Å². The van der Waals surface area contributed by atoms with Gasteiger partial charge in [0, 0.05) is 11.1 Å². The molecule has 0 N–H and O–H groups in total. The van der Waals surface area contributed by atoms with Crippen LogP contribution in [0.2, 0.25) is 0 Å². The Balaban J connectivity index is 1.54. The summed E-state index contributed by atoms with van der Waals surface area (Å²) in [6.07, 6.45) is 1.67. The predicted molar refractivity (Wildman–Crippen MR) is 160 cm³/mol. The molecule has 0 saturated carbocycles. The van der Waals surface area contributed by atoms with Crippen LogP contribution in [0.5, 0.6) is 11.5 Å². The van der Waals surface area contributed by atoms with E-state index in [0.717, 1.165) is 5.56 Å².